The molecule has 6 amide bonds. The number of aliphatic hydroxyl groups is 6. The van der Waals surface area contributed by atoms with Crippen molar-refractivity contribution in [1.82, 2.24) is 29.4 Å². The lowest BCUT2D eigenvalue weighted by Gasteiger charge is -2.29. The van der Waals surface area contributed by atoms with Crippen LogP contribution in [0.3, 0.4) is 0 Å². The van der Waals surface area contributed by atoms with Crippen molar-refractivity contribution in [1.29, 1.82) is 0 Å². The van der Waals surface area contributed by atoms with Crippen molar-refractivity contribution >= 4 is 18.1 Å². The van der Waals surface area contributed by atoms with E-state index in [2.05, 4.69) is 0 Å². The van der Waals surface area contributed by atoms with Crippen LogP contribution in [0.5, 0.6) is 0 Å². The Morgan fingerprint density at radius 1 is 0.579 bits per heavy atom. The number of urea groups is 3. The first kappa shape index (κ1) is 30.0. The third-order valence-electron chi connectivity index (χ3n) is 6.92. The van der Waals surface area contributed by atoms with Gasteiger partial charge in [0, 0.05) is 14.2 Å². The fourth-order valence-electron chi connectivity index (χ4n) is 4.80. The Morgan fingerprint density at radius 2 is 0.868 bits per heavy atom. The average Bonchev–Trinajstić information content (AvgIpc) is 3.32. The fourth-order valence-corrected chi connectivity index (χ4v) is 4.80. The molecule has 0 aromatic carbocycles. The van der Waals surface area contributed by atoms with E-state index in [1.807, 2.05) is 13.8 Å². The van der Waals surface area contributed by atoms with Crippen molar-refractivity contribution in [3.63, 3.8) is 0 Å². The number of methoxy groups -OCH3 is 2. The highest BCUT2D eigenvalue weighted by atomic mass is 16.5. The van der Waals surface area contributed by atoms with E-state index >= 15 is 0 Å². The summed E-state index contributed by atoms with van der Waals surface area (Å²) in [4.78, 5) is 43.6. The normalized spacial score (nSPS) is 31.9. The van der Waals surface area contributed by atoms with Crippen molar-refractivity contribution < 1.29 is 54.5 Å². The van der Waals surface area contributed by atoms with E-state index in [0.717, 1.165) is 19.6 Å². The van der Waals surface area contributed by atoms with Crippen LogP contribution < -0.4 is 0 Å². The summed E-state index contributed by atoms with van der Waals surface area (Å²) in [5.41, 5.74) is 0. The van der Waals surface area contributed by atoms with Gasteiger partial charge >= 0.3 is 18.1 Å². The van der Waals surface area contributed by atoms with Gasteiger partial charge in [-0.25, -0.2) is 14.4 Å². The third-order valence-corrected chi connectivity index (χ3v) is 6.92. The second-order valence-electron chi connectivity index (χ2n) is 9.26. The smallest absolute Gasteiger partial charge is 0.327 e. The van der Waals surface area contributed by atoms with E-state index in [9.17, 15) is 45.0 Å². The van der Waals surface area contributed by atoms with Gasteiger partial charge in [0.15, 0.2) is 37.4 Å². The van der Waals surface area contributed by atoms with Crippen LogP contribution in [0.1, 0.15) is 39.5 Å². The maximum absolute atomic E-state index is 13.1. The molecule has 0 spiro atoms. The Hall–Kier alpha value is -2.51. The quantitative estimate of drug-likeness (QED) is 0.150. The van der Waals surface area contributed by atoms with Crippen molar-refractivity contribution in [2.24, 2.45) is 0 Å². The Bertz CT molecular complexity index is 804. The van der Waals surface area contributed by atoms with Gasteiger partial charge in [-0.3, -0.25) is 29.4 Å². The number of rotatable bonds is 12. The number of carbonyl (C=O) groups excluding carboxylic acids is 3. The van der Waals surface area contributed by atoms with E-state index < -0.39 is 81.3 Å². The molecule has 3 aliphatic rings. The Balaban J connectivity index is 1.75. The number of nitrogens with zero attached hydrogens (tertiary/aromatic N) is 6. The number of amides is 6. The molecule has 3 rings (SSSR count). The van der Waals surface area contributed by atoms with Crippen molar-refractivity contribution in [2.75, 3.05) is 27.6 Å². The number of hydrogen-bond donors (Lipinski definition) is 6. The van der Waals surface area contributed by atoms with Crippen molar-refractivity contribution in [3.05, 3.63) is 0 Å². The maximum atomic E-state index is 13.1. The zero-order valence-corrected chi connectivity index (χ0v) is 21.8. The number of carbonyl (C=O) groups is 3. The standard InChI is InChI=1S/C21H38N6O11/c1-5-7-11(37-3)26-17(32)15(30)24(20(26)35)9-22-13(28)14(29)23(19(22)34)10-25-16(31)18(33)27(21(25)36)12(38-4)8-6-2/h11-18,28-33H,5-10H2,1-4H3. The monoisotopic (exact) mass is 550 g/mol. The van der Waals surface area contributed by atoms with Crippen LogP contribution in [0.25, 0.3) is 0 Å². The van der Waals surface area contributed by atoms with Gasteiger partial charge in [-0.2, -0.15) is 0 Å². The van der Waals surface area contributed by atoms with Crippen molar-refractivity contribution in [3.8, 4) is 0 Å². The topological polar surface area (TPSA) is 210 Å². The highest BCUT2D eigenvalue weighted by Gasteiger charge is 2.54. The lowest BCUT2D eigenvalue weighted by Crippen LogP contribution is -2.50. The number of ether oxygens (including phenoxy) is 2. The Morgan fingerprint density at radius 3 is 1.16 bits per heavy atom. The molecule has 0 aliphatic carbocycles. The second kappa shape index (κ2) is 12.1. The number of hydrogen-bond acceptors (Lipinski definition) is 11. The average molecular weight is 551 g/mol. The summed E-state index contributed by atoms with van der Waals surface area (Å²) in [6.07, 6.45) is -10.5. The zero-order valence-electron chi connectivity index (χ0n) is 21.8. The molecule has 3 saturated heterocycles. The molecule has 3 fully saturated rings. The third kappa shape index (κ3) is 5.07. The molecule has 0 bridgehead atoms. The molecule has 0 aromatic rings. The summed E-state index contributed by atoms with van der Waals surface area (Å²) >= 11 is 0. The van der Waals surface area contributed by atoms with Gasteiger partial charge in [0.05, 0.1) is 0 Å². The SMILES string of the molecule is CCCC(OC)N1C(=O)N(CN2C(=O)N(CN3C(=O)N(C(CCC)OC)C(O)C3O)C(O)C2O)C(O)C1O. The van der Waals surface area contributed by atoms with E-state index in [1.165, 1.54) is 14.2 Å². The van der Waals surface area contributed by atoms with Gasteiger partial charge in [-0.1, -0.05) is 26.7 Å². The summed E-state index contributed by atoms with van der Waals surface area (Å²) in [6, 6.07) is -2.79. The van der Waals surface area contributed by atoms with Gasteiger partial charge in [-0.15, -0.1) is 0 Å². The number of aliphatic hydroxyl groups excluding tert-OH is 6. The summed E-state index contributed by atoms with van der Waals surface area (Å²) in [5, 5.41) is 62.9. The first-order valence-electron chi connectivity index (χ1n) is 12.4. The van der Waals surface area contributed by atoms with Crippen LogP contribution in [0.15, 0.2) is 0 Å². The highest BCUT2D eigenvalue weighted by molar-refractivity contribution is 5.81. The first-order chi connectivity index (χ1) is 18.0. The molecule has 8 unspecified atom stereocenters. The van der Waals surface area contributed by atoms with Gasteiger partial charge in [0.2, 0.25) is 0 Å². The first-order valence-corrected chi connectivity index (χ1v) is 12.4. The minimum Gasteiger partial charge on any atom is -0.369 e. The molecule has 8 atom stereocenters. The Kier molecular flexibility index (Phi) is 9.58. The van der Waals surface area contributed by atoms with Crippen LogP contribution in [0.4, 0.5) is 14.4 Å². The predicted octanol–water partition coefficient (Wildman–Crippen LogP) is -2.43. The molecule has 0 aromatic heterocycles. The molecule has 17 heteroatoms. The molecule has 3 heterocycles. The van der Waals surface area contributed by atoms with E-state index in [0.29, 0.717) is 35.5 Å². The van der Waals surface area contributed by atoms with Gasteiger partial charge < -0.3 is 40.1 Å². The lowest BCUT2D eigenvalue weighted by atomic mass is 10.3. The summed E-state index contributed by atoms with van der Waals surface area (Å²) < 4.78 is 10.5. The summed E-state index contributed by atoms with van der Waals surface area (Å²) in [7, 11) is 2.67. The molecule has 6 N–H and O–H groups in total. The second-order valence-corrected chi connectivity index (χ2v) is 9.26. The summed E-state index contributed by atoms with van der Waals surface area (Å²) in [6.45, 7) is 2.22. The minimum atomic E-state index is -1.90. The van der Waals surface area contributed by atoms with Crippen LogP contribution >= 0.6 is 0 Å². The van der Waals surface area contributed by atoms with Gasteiger partial charge in [0.25, 0.3) is 0 Å². The Labute approximate surface area is 219 Å². The van der Waals surface area contributed by atoms with E-state index in [4.69, 9.17) is 9.47 Å². The van der Waals surface area contributed by atoms with Crippen LogP contribution in [-0.2, 0) is 9.47 Å². The van der Waals surface area contributed by atoms with E-state index in [1.54, 1.807) is 0 Å². The minimum absolute atomic E-state index is 0.356. The molecular weight excluding hydrogens is 512 g/mol. The molecule has 3 aliphatic heterocycles. The van der Waals surface area contributed by atoms with Crippen LogP contribution in [0, 0.1) is 0 Å². The van der Waals surface area contributed by atoms with Gasteiger partial charge in [0.1, 0.15) is 25.8 Å². The maximum Gasteiger partial charge on any atom is 0.327 e. The molecule has 218 valence electrons. The van der Waals surface area contributed by atoms with Crippen molar-refractivity contribution in [2.45, 2.75) is 89.4 Å². The molecule has 17 nitrogen and oxygen atoms in total. The van der Waals surface area contributed by atoms with Crippen LogP contribution in [-0.4, -0.2) is 156 Å². The highest BCUT2D eigenvalue weighted by Crippen LogP contribution is 2.30. The fraction of sp³-hybridized carbons (Fsp3) is 0.857. The largest absolute Gasteiger partial charge is 0.369 e. The molecule has 0 saturated carbocycles. The zero-order chi connectivity index (χ0) is 28.5. The lowest BCUT2D eigenvalue weighted by molar-refractivity contribution is -0.129. The van der Waals surface area contributed by atoms with Gasteiger partial charge in [-0.05, 0) is 12.8 Å². The van der Waals surface area contributed by atoms with Crippen LogP contribution in [0.2, 0.25) is 0 Å². The van der Waals surface area contributed by atoms with E-state index in [-0.39, 0.29) is 0 Å². The molecular formula is C21H38N6O11. The molecule has 0 radical (unpaired) electrons. The summed E-state index contributed by atoms with van der Waals surface area (Å²) in [5.74, 6) is 0. The molecule has 38 heavy (non-hydrogen) atoms. The predicted molar refractivity (Wildman–Crippen MR) is 124 cm³/mol.